The Bertz CT molecular complexity index is 904. The van der Waals surface area contributed by atoms with E-state index in [-0.39, 0.29) is 0 Å². The molecule has 1 aliphatic heterocycles. The number of aromatic nitrogens is 4. The van der Waals surface area contributed by atoms with E-state index in [4.69, 9.17) is 9.84 Å². The van der Waals surface area contributed by atoms with E-state index in [1.165, 1.54) is 17.2 Å². The molecule has 10 heteroatoms. The Morgan fingerprint density at radius 2 is 1.79 bits per heavy atom. The van der Waals surface area contributed by atoms with Crippen LogP contribution in [0.4, 0.5) is 11.5 Å². The Kier molecular flexibility index (Phi) is 7.07. The summed E-state index contributed by atoms with van der Waals surface area (Å²) >= 11 is 0. The fourth-order valence-corrected chi connectivity index (χ4v) is 2.90. The lowest BCUT2D eigenvalue weighted by atomic mass is 10.1. The highest BCUT2D eigenvalue weighted by Crippen LogP contribution is 2.32. The van der Waals surface area contributed by atoms with Crippen molar-refractivity contribution in [3.63, 3.8) is 0 Å². The van der Waals surface area contributed by atoms with Gasteiger partial charge in [-0.1, -0.05) is 25.1 Å². The molecule has 4 atom stereocenters. The van der Waals surface area contributed by atoms with Gasteiger partial charge in [0.2, 0.25) is 0 Å². The zero-order chi connectivity index (χ0) is 20.8. The van der Waals surface area contributed by atoms with Crippen molar-refractivity contribution in [3.05, 3.63) is 43.0 Å². The average Bonchev–Trinajstić information content (AvgIpc) is 3.31. The summed E-state index contributed by atoms with van der Waals surface area (Å²) in [6.45, 7) is 1.86. The second-order valence-corrected chi connectivity index (χ2v) is 6.49. The van der Waals surface area contributed by atoms with Crippen molar-refractivity contribution < 1.29 is 25.2 Å². The highest BCUT2D eigenvalue weighted by molar-refractivity contribution is 5.85. The number of aliphatic hydroxyl groups is 4. The van der Waals surface area contributed by atoms with Crippen molar-refractivity contribution in [1.29, 1.82) is 0 Å². The van der Waals surface area contributed by atoms with Crippen LogP contribution in [-0.2, 0) is 4.74 Å². The number of hydrogen-bond donors (Lipinski definition) is 5. The molecule has 4 unspecified atom stereocenters. The van der Waals surface area contributed by atoms with E-state index in [9.17, 15) is 15.3 Å². The molecular formula is C19H25N5O5. The van der Waals surface area contributed by atoms with Crippen molar-refractivity contribution in [2.45, 2.75) is 37.9 Å². The van der Waals surface area contributed by atoms with Crippen LogP contribution in [-0.4, -0.2) is 71.5 Å². The van der Waals surface area contributed by atoms with Gasteiger partial charge in [0, 0.05) is 12.3 Å². The highest BCUT2D eigenvalue weighted by atomic mass is 16.6. The largest absolute Gasteiger partial charge is 0.396 e. The van der Waals surface area contributed by atoms with E-state index in [0.29, 0.717) is 23.6 Å². The first-order chi connectivity index (χ1) is 14.1. The minimum atomic E-state index is -1.20. The lowest BCUT2D eigenvalue weighted by molar-refractivity contribution is -0.0511. The summed E-state index contributed by atoms with van der Waals surface area (Å²) < 4.78 is 7.06. The summed E-state index contributed by atoms with van der Waals surface area (Å²) in [5, 5.41) is 40.4. The predicted molar refractivity (Wildman–Crippen MR) is 105 cm³/mol. The first-order valence-electron chi connectivity index (χ1n) is 9.33. The number of anilines is 2. The fourth-order valence-electron chi connectivity index (χ4n) is 2.90. The summed E-state index contributed by atoms with van der Waals surface area (Å²) in [4.78, 5) is 12.7. The van der Waals surface area contributed by atoms with Crippen LogP contribution in [0.2, 0.25) is 0 Å². The first-order valence-corrected chi connectivity index (χ1v) is 9.33. The van der Waals surface area contributed by atoms with Gasteiger partial charge in [-0.2, -0.15) is 0 Å². The monoisotopic (exact) mass is 403 g/mol. The van der Waals surface area contributed by atoms with Crippen molar-refractivity contribution >= 4 is 22.7 Å². The number of benzene rings is 1. The number of nitrogens with zero attached hydrogens (tertiary/aromatic N) is 4. The van der Waals surface area contributed by atoms with Gasteiger partial charge in [-0.3, -0.25) is 4.57 Å². The van der Waals surface area contributed by atoms with Gasteiger partial charge in [0.15, 0.2) is 23.2 Å². The van der Waals surface area contributed by atoms with E-state index in [1.54, 1.807) is 0 Å². The number of imidazole rings is 1. The Morgan fingerprint density at radius 1 is 1.07 bits per heavy atom. The summed E-state index contributed by atoms with van der Waals surface area (Å²) in [7, 11) is 0. The van der Waals surface area contributed by atoms with Crippen LogP contribution in [0.15, 0.2) is 43.0 Å². The number of hydrogen-bond acceptors (Lipinski definition) is 9. The standard InChI is InChI=1S/C16H17N5O4.C3H8O/c22-6-10-12(23)13(24)16(25-10)21-8-19-11-14(17-7-18-15(11)21)20-9-4-2-1-3-5-9;1-2-3-4/h1-5,7-8,10,12-13,16,22-24H,6H2,(H,17,18,20);4H,2-3H2,1H3. The number of fused-ring (bicyclic) bond motifs is 1. The van der Waals surface area contributed by atoms with Gasteiger partial charge in [-0.25, -0.2) is 15.0 Å². The summed E-state index contributed by atoms with van der Waals surface area (Å²) in [5.74, 6) is 0.515. The number of rotatable bonds is 5. The van der Waals surface area contributed by atoms with Crippen LogP contribution >= 0.6 is 0 Å². The van der Waals surface area contributed by atoms with Crippen LogP contribution in [0.1, 0.15) is 19.6 Å². The highest BCUT2D eigenvalue weighted by Gasteiger charge is 2.44. The van der Waals surface area contributed by atoms with Crippen LogP contribution in [0.5, 0.6) is 0 Å². The number of para-hydroxylation sites is 1. The summed E-state index contributed by atoms with van der Waals surface area (Å²) in [5.41, 5.74) is 1.80. The van der Waals surface area contributed by atoms with Crippen LogP contribution in [0, 0.1) is 0 Å². The number of ether oxygens (including phenoxy) is 1. The van der Waals surface area contributed by atoms with Gasteiger partial charge in [0.05, 0.1) is 12.9 Å². The summed E-state index contributed by atoms with van der Waals surface area (Å²) in [6, 6.07) is 9.52. The topological polar surface area (TPSA) is 146 Å². The maximum absolute atomic E-state index is 10.2. The van der Waals surface area contributed by atoms with Crippen molar-refractivity contribution in [3.8, 4) is 0 Å². The first kappa shape index (κ1) is 21.1. The van der Waals surface area contributed by atoms with Gasteiger partial charge in [0.25, 0.3) is 0 Å². The second-order valence-electron chi connectivity index (χ2n) is 6.49. The van der Waals surface area contributed by atoms with Gasteiger partial charge >= 0.3 is 0 Å². The average molecular weight is 403 g/mol. The van der Waals surface area contributed by atoms with Gasteiger partial charge < -0.3 is 30.5 Å². The fraction of sp³-hybridized carbons (Fsp3) is 0.421. The molecule has 2 aromatic heterocycles. The zero-order valence-corrected chi connectivity index (χ0v) is 16.0. The van der Waals surface area contributed by atoms with Gasteiger partial charge in [0.1, 0.15) is 24.6 Å². The molecule has 3 aromatic rings. The molecule has 0 amide bonds. The normalized spacial score (nSPS) is 23.6. The molecule has 0 saturated carbocycles. The predicted octanol–water partition coefficient (Wildman–Crippen LogP) is 0.570. The molecule has 10 nitrogen and oxygen atoms in total. The van der Waals surface area contributed by atoms with Crippen LogP contribution < -0.4 is 5.32 Å². The minimum Gasteiger partial charge on any atom is -0.396 e. The summed E-state index contributed by atoms with van der Waals surface area (Å²) in [6.07, 6.45) is -0.410. The number of nitrogens with one attached hydrogen (secondary N) is 1. The van der Waals surface area contributed by atoms with E-state index in [1.807, 2.05) is 37.3 Å². The molecule has 0 spiro atoms. The van der Waals surface area contributed by atoms with Crippen molar-refractivity contribution in [1.82, 2.24) is 19.5 Å². The maximum Gasteiger partial charge on any atom is 0.167 e. The van der Waals surface area contributed by atoms with Crippen molar-refractivity contribution in [2.75, 3.05) is 18.5 Å². The van der Waals surface area contributed by atoms with Crippen molar-refractivity contribution in [2.24, 2.45) is 0 Å². The Labute approximate surface area is 167 Å². The molecule has 29 heavy (non-hydrogen) atoms. The van der Waals surface area contributed by atoms with E-state index < -0.39 is 31.1 Å². The Hall–Kier alpha value is -2.63. The quantitative estimate of drug-likeness (QED) is 0.413. The third-order valence-corrected chi connectivity index (χ3v) is 4.41. The smallest absolute Gasteiger partial charge is 0.167 e. The third-order valence-electron chi connectivity index (χ3n) is 4.41. The SMILES string of the molecule is CCCO.OCC1OC(n2cnc3c(Nc4ccccc4)ncnc32)C(O)C1O. The minimum absolute atomic E-state index is 0.319. The second kappa shape index (κ2) is 9.72. The Morgan fingerprint density at radius 3 is 2.41 bits per heavy atom. The molecule has 1 fully saturated rings. The van der Waals surface area contributed by atoms with Crippen LogP contribution in [0.25, 0.3) is 11.2 Å². The molecule has 156 valence electrons. The van der Waals surface area contributed by atoms with E-state index in [2.05, 4.69) is 20.3 Å². The molecule has 0 radical (unpaired) electrons. The lowest BCUT2D eigenvalue weighted by Gasteiger charge is -2.16. The molecule has 0 bridgehead atoms. The Balaban J connectivity index is 0.000000552. The molecule has 1 aliphatic rings. The van der Waals surface area contributed by atoms with E-state index >= 15 is 0 Å². The molecule has 4 rings (SSSR count). The molecule has 3 heterocycles. The van der Waals surface area contributed by atoms with Crippen LogP contribution in [0.3, 0.4) is 0 Å². The van der Waals surface area contributed by atoms with Gasteiger partial charge in [-0.05, 0) is 18.6 Å². The zero-order valence-electron chi connectivity index (χ0n) is 16.0. The molecular weight excluding hydrogens is 378 g/mol. The number of aliphatic hydroxyl groups excluding tert-OH is 4. The van der Waals surface area contributed by atoms with E-state index in [0.717, 1.165) is 12.1 Å². The molecule has 1 aromatic carbocycles. The molecule has 5 N–H and O–H groups in total. The maximum atomic E-state index is 10.2. The lowest BCUT2D eigenvalue weighted by Crippen LogP contribution is -2.33. The third kappa shape index (κ3) is 4.52. The van der Waals surface area contributed by atoms with Gasteiger partial charge in [-0.15, -0.1) is 0 Å². The molecule has 1 saturated heterocycles. The molecule has 0 aliphatic carbocycles.